The van der Waals surface area contributed by atoms with Crippen LogP contribution in [0.2, 0.25) is 0 Å². The lowest BCUT2D eigenvalue weighted by Crippen LogP contribution is -2.52. The molecule has 1 rings (SSSR count). The highest BCUT2D eigenvalue weighted by molar-refractivity contribution is 5.68. The first-order valence-corrected chi connectivity index (χ1v) is 4.76. The third kappa shape index (κ3) is 2.82. The molecule has 86 valence electrons. The normalized spacial score (nSPS) is 25.9. The molecule has 6 heteroatoms. The fourth-order valence-electron chi connectivity index (χ4n) is 1.59. The van der Waals surface area contributed by atoms with Crippen molar-refractivity contribution < 1.29 is 24.2 Å². The van der Waals surface area contributed by atoms with Crippen molar-refractivity contribution in [1.82, 2.24) is 4.90 Å². The van der Waals surface area contributed by atoms with Gasteiger partial charge in [-0.2, -0.15) is 0 Å². The zero-order chi connectivity index (χ0) is 11.4. The van der Waals surface area contributed by atoms with Crippen LogP contribution in [-0.4, -0.2) is 48.1 Å². The van der Waals surface area contributed by atoms with E-state index in [0.717, 1.165) is 4.90 Å². The summed E-state index contributed by atoms with van der Waals surface area (Å²) in [7, 11) is 1.24. The summed E-state index contributed by atoms with van der Waals surface area (Å²) in [6.45, 7) is 1.68. The molecule has 1 aliphatic heterocycles. The van der Waals surface area contributed by atoms with Gasteiger partial charge in [0.25, 0.3) is 0 Å². The largest absolute Gasteiger partial charge is 0.458 e. The van der Waals surface area contributed by atoms with Gasteiger partial charge in [0, 0.05) is 13.5 Å². The van der Waals surface area contributed by atoms with Crippen molar-refractivity contribution in [2.24, 2.45) is 0 Å². The highest BCUT2D eigenvalue weighted by atomic mass is 16.6. The second-order valence-corrected chi connectivity index (χ2v) is 3.37. The van der Waals surface area contributed by atoms with Crippen LogP contribution in [0.3, 0.4) is 0 Å². The third-order valence-corrected chi connectivity index (χ3v) is 2.27. The van der Waals surface area contributed by atoms with E-state index in [2.05, 4.69) is 4.74 Å². The molecule has 1 aliphatic rings. The Balaban J connectivity index is 2.62. The van der Waals surface area contributed by atoms with Gasteiger partial charge in [-0.05, 0) is 12.8 Å². The van der Waals surface area contributed by atoms with Crippen LogP contribution in [-0.2, 0) is 14.3 Å². The molecule has 0 aromatic carbocycles. The Morgan fingerprint density at radius 1 is 1.47 bits per heavy atom. The molecule has 2 unspecified atom stereocenters. The molecule has 0 aromatic heterocycles. The molecule has 1 heterocycles. The Morgan fingerprint density at radius 3 is 2.67 bits per heavy atom. The molecular formula is C9H15NO5. The van der Waals surface area contributed by atoms with Crippen LogP contribution in [0.4, 0.5) is 4.79 Å². The predicted molar refractivity (Wildman–Crippen MR) is 49.9 cm³/mol. The molecule has 0 radical (unpaired) electrons. The van der Waals surface area contributed by atoms with Gasteiger partial charge in [-0.1, -0.05) is 0 Å². The maximum absolute atomic E-state index is 11.2. The first kappa shape index (κ1) is 11.8. The lowest BCUT2D eigenvalue weighted by atomic mass is 10.1. The number of amides is 1. The minimum atomic E-state index is -1.12. The number of carbonyl (C=O) groups is 2. The Kier molecular flexibility index (Phi) is 3.90. The van der Waals surface area contributed by atoms with Crippen LogP contribution in [0.25, 0.3) is 0 Å². The monoisotopic (exact) mass is 217 g/mol. The van der Waals surface area contributed by atoms with Gasteiger partial charge in [0.05, 0.1) is 7.11 Å². The topological polar surface area (TPSA) is 76.1 Å². The lowest BCUT2D eigenvalue weighted by molar-refractivity contribution is -0.165. The van der Waals surface area contributed by atoms with E-state index in [4.69, 9.17) is 4.74 Å². The number of carbonyl (C=O) groups excluding carboxylic acids is 2. The second kappa shape index (κ2) is 4.97. The van der Waals surface area contributed by atoms with E-state index in [1.807, 2.05) is 0 Å². The van der Waals surface area contributed by atoms with Crippen molar-refractivity contribution in [3.63, 3.8) is 0 Å². The number of hydrogen-bond acceptors (Lipinski definition) is 5. The fourth-order valence-corrected chi connectivity index (χ4v) is 1.59. The van der Waals surface area contributed by atoms with Gasteiger partial charge in [0.15, 0.2) is 6.23 Å². The maximum Gasteiger partial charge on any atom is 0.411 e. The molecule has 15 heavy (non-hydrogen) atoms. The number of piperidine rings is 1. The molecule has 2 atom stereocenters. The SMILES string of the molecule is COC(=O)N1CCCC(OC(C)=O)C1O. The average molecular weight is 217 g/mol. The molecule has 6 nitrogen and oxygen atoms in total. The summed E-state index contributed by atoms with van der Waals surface area (Å²) in [5, 5.41) is 9.73. The van der Waals surface area contributed by atoms with Crippen molar-refractivity contribution >= 4 is 12.1 Å². The molecular weight excluding hydrogens is 202 g/mol. The zero-order valence-corrected chi connectivity index (χ0v) is 8.80. The van der Waals surface area contributed by atoms with E-state index in [1.54, 1.807) is 0 Å². The quantitative estimate of drug-likeness (QED) is 0.630. The highest BCUT2D eigenvalue weighted by Gasteiger charge is 2.35. The van der Waals surface area contributed by atoms with Crippen molar-refractivity contribution in [1.29, 1.82) is 0 Å². The minimum Gasteiger partial charge on any atom is -0.458 e. The third-order valence-electron chi connectivity index (χ3n) is 2.27. The van der Waals surface area contributed by atoms with Crippen LogP contribution in [0.5, 0.6) is 0 Å². The molecule has 1 amide bonds. The number of nitrogens with zero attached hydrogens (tertiary/aromatic N) is 1. The van der Waals surface area contributed by atoms with Gasteiger partial charge in [-0.3, -0.25) is 9.69 Å². The van der Waals surface area contributed by atoms with Crippen LogP contribution < -0.4 is 0 Å². The summed E-state index contributed by atoms with van der Waals surface area (Å²) >= 11 is 0. The number of aliphatic hydroxyl groups is 1. The average Bonchev–Trinajstić information content (AvgIpc) is 2.19. The summed E-state index contributed by atoms with van der Waals surface area (Å²) in [4.78, 5) is 23.1. The van der Waals surface area contributed by atoms with Crippen LogP contribution >= 0.6 is 0 Å². The molecule has 0 spiro atoms. The number of esters is 1. The Bertz CT molecular complexity index is 255. The van der Waals surface area contributed by atoms with E-state index in [9.17, 15) is 14.7 Å². The van der Waals surface area contributed by atoms with Gasteiger partial charge in [0.2, 0.25) is 0 Å². The second-order valence-electron chi connectivity index (χ2n) is 3.37. The van der Waals surface area contributed by atoms with Crippen LogP contribution in [0.15, 0.2) is 0 Å². The number of hydrogen-bond donors (Lipinski definition) is 1. The van der Waals surface area contributed by atoms with Crippen LogP contribution in [0, 0.1) is 0 Å². The lowest BCUT2D eigenvalue weighted by Gasteiger charge is -2.36. The molecule has 0 bridgehead atoms. The van der Waals surface area contributed by atoms with Crippen molar-refractivity contribution in [2.45, 2.75) is 32.1 Å². The Morgan fingerprint density at radius 2 is 2.13 bits per heavy atom. The maximum atomic E-state index is 11.2. The smallest absolute Gasteiger partial charge is 0.411 e. The van der Waals surface area contributed by atoms with Crippen molar-refractivity contribution in [3.05, 3.63) is 0 Å². The number of ether oxygens (including phenoxy) is 2. The van der Waals surface area contributed by atoms with Gasteiger partial charge < -0.3 is 14.6 Å². The molecule has 0 aromatic rings. The van der Waals surface area contributed by atoms with Gasteiger partial charge in [0.1, 0.15) is 6.10 Å². The Hall–Kier alpha value is -1.30. The Labute approximate surface area is 87.8 Å². The minimum absolute atomic E-state index is 0.408. The summed E-state index contributed by atoms with van der Waals surface area (Å²) < 4.78 is 9.39. The van der Waals surface area contributed by atoms with Crippen molar-refractivity contribution in [3.8, 4) is 0 Å². The van der Waals surface area contributed by atoms with Gasteiger partial charge in [-0.15, -0.1) is 0 Å². The van der Waals surface area contributed by atoms with Gasteiger partial charge >= 0.3 is 12.1 Å². The van der Waals surface area contributed by atoms with E-state index in [-0.39, 0.29) is 0 Å². The first-order chi connectivity index (χ1) is 7.06. The number of methoxy groups -OCH3 is 1. The predicted octanol–water partition coefficient (Wildman–Crippen LogP) is 0.0987. The van der Waals surface area contributed by atoms with Gasteiger partial charge in [-0.25, -0.2) is 4.79 Å². The van der Waals surface area contributed by atoms with E-state index in [0.29, 0.717) is 19.4 Å². The molecule has 1 N–H and O–H groups in total. The molecule has 0 saturated carbocycles. The standard InChI is InChI=1S/C9H15NO5/c1-6(11)15-7-4-3-5-10(8(7)12)9(13)14-2/h7-8,12H,3-5H2,1-2H3. The molecule has 1 saturated heterocycles. The van der Waals surface area contributed by atoms with Crippen molar-refractivity contribution in [2.75, 3.05) is 13.7 Å². The summed E-state index contributed by atoms with van der Waals surface area (Å²) in [6, 6.07) is 0. The zero-order valence-electron chi connectivity index (χ0n) is 8.80. The number of aliphatic hydroxyl groups excluding tert-OH is 1. The molecule has 0 aliphatic carbocycles. The highest BCUT2D eigenvalue weighted by Crippen LogP contribution is 2.19. The number of rotatable bonds is 1. The summed E-state index contributed by atoms with van der Waals surface area (Å²) in [5.74, 6) is -0.467. The van der Waals surface area contributed by atoms with E-state index in [1.165, 1.54) is 14.0 Å². The van der Waals surface area contributed by atoms with Crippen LogP contribution in [0.1, 0.15) is 19.8 Å². The summed E-state index contributed by atoms with van der Waals surface area (Å²) in [5.41, 5.74) is 0. The first-order valence-electron chi connectivity index (χ1n) is 4.76. The number of likely N-dealkylation sites (tertiary alicyclic amines) is 1. The van der Waals surface area contributed by atoms with E-state index < -0.39 is 24.4 Å². The summed E-state index contributed by atoms with van der Waals surface area (Å²) in [6.07, 6.45) is -1.16. The van der Waals surface area contributed by atoms with E-state index >= 15 is 0 Å². The fraction of sp³-hybridized carbons (Fsp3) is 0.778. The molecule has 1 fully saturated rings.